The molecule has 4 aromatic rings. The lowest BCUT2D eigenvalue weighted by atomic mass is 9.86. The number of hydrogen-bond donors (Lipinski definition) is 1. The van der Waals surface area contributed by atoms with Gasteiger partial charge >= 0.3 is 6.03 Å². The highest BCUT2D eigenvalue weighted by molar-refractivity contribution is 5.91. The summed E-state index contributed by atoms with van der Waals surface area (Å²) in [4.78, 5) is 31.6. The molecular formula is C37H41N5O2. The molecule has 44 heavy (non-hydrogen) atoms. The van der Waals surface area contributed by atoms with E-state index >= 15 is 0 Å². The first kappa shape index (κ1) is 30.8. The number of carbonyl (C=O) groups excluding carboxylic acids is 2. The van der Waals surface area contributed by atoms with Gasteiger partial charge < -0.3 is 5.32 Å². The van der Waals surface area contributed by atoms with Crippen LogP contribution in [-0.2, 0) is 29.5 Å². The highest BCUT2D eigenvalue weighted by atomic mass is 16.2. The number of rotatable bonds is 11. The van der Waals surface area contributed by atoms with Gasteiger partial charge in [0.05, 0.1) is 12.1 Å². The van der Waals surface area contributed by atoms with Gasteiger partial charge in [0, 0.05) is 11.6 Å². The molecule has 2 unspecified atom stereocenters. The third-order valence-corrected chi connectivity index (χ3v) is 8.05. The van der Waals surface area contributed by atoms with Crippen molar-refractivity contribution in [2.24, 2.45) is 10.2 Å². The van der Waals surface area contributed by atoms with Gasteiger partial charge in [0.15, 0.2) is 0 Å². The molecule has 7 heteroatoms. The van der Waals surface area contributed by atoms with Gasteiger partial charge in [-0.05, 0) is 72.4 Å². The molecule has 0 spiro atoms. The van der Waals surface area contributed by atoms with Crippen molar-refractivity contribution in [3.05, 3.63) is 119 Å². The quantitative estimate of drug-likeness (QED) is 0.191. The maximum Gasteiger partial charge on any atom is 0.363 e. The van der Waals surface area contributed by atoms with Gasteiger partial charge in [0.2, 0.25) is 5.91 Å². The van der Waals surface area contributed by atoms with E-state index in [-0.39, 0.29) is 29.6 Å². The van der Waals surface area contributed by atoms with Crippen molar-refractivity contribution >= 4 is 17.8 Å². The first-order valence-electron chi connectivity index (χ1n) is 15.4. The lowest BCUT2D eigenvalue weighted by molar-refractivity contribution is -0.115. The smallest absolute Gasteiger partial charge is 0.310 e. The zero-order valence-electron chi connectivity index (χ0n) is 26.0. The Balaban J connectivity index is 1.12. The molecule has 5 rings (SSSR count). The average Bonchev–Trinajstić information content (AvgIpc) is 3.38. The SMILES string of the molecule is CC(Cc1ccc(C(C)(C)C)cc1)N1C(=O)N=NC1CCCc1ccc(-c2cccc(NC(=O)Cc3ccccc3)n2)cc1. The van der Waals surface area contributed by atoms with E-state index in [0.717, 1.165) is 42.5 Å². The minimum atomic E-state index is -0.246. The van der Waals surface area contributed by atoms with Gasteiger partial charge in [-0.2, -0.15) is 5.11 Å². The van der Waals surface area contributed by atoms with Crippen LogP contribution in [0.15, 0.2) is 107 Å². The van der Waals surface area contributed by atoms with Crippen LogP contribution >= 0.6 is 0 Å². The van der Waals surface area contributed by atoms with Crippen molar-refractivity contribution in [2.75, 3.05) is 5.32 Å². The maximum absolute atomic E-state index is 12.6. The van der Waals surface area contributed by atoms with Crippen LogP contribution in [0, 0.1) is 0 Å². The molecule has 0 aliphatic carbocycles. The third-order valence-electron chi connectivity index (χ3n) is 8.05. The van der Waals surface area contributed by atoms with Crippen LogP contribution in [0.4, 0.5) is 10.6 Å². The largest absolute Gasteiger partial charge is 0.363 e. The summed E-state index contributed by atoms with van der Waals surface area (Å²) in [6.07, 6.45) is 3.37. The summed E-state index contributed by atoms with van der Waals surface area (Å²) in [6, 6.07) is 32.1. The predicted molar refractivity (Wildman–Crippen MR) is 176 cm³/mol. The molecule has 0 saturated carbocycles. The van der Waals surface area contributed by atoms with E-state index in [4.69, 9.17) is 0 Å². The monoisotopic (exact) mass is 587 g/mol. The van der Waals surface area contributed by atoms with Gasteiger partial charge in [-0.25, -0.2) is 9.78 Å². The van der Waals surface area contributed by atoms with E-state index in [1.54, 1.807) is 6.07 Å². The second-order valence-corrected chi connectivity index (χ2v) is 12.6. The van der Waals surface area contributed by atoms with E-state index in [2.05, 4.69) is 96.8 Å². The zero-order valence-corrected chi connectivity index (χ0v) is 26.0. The predicted octanol–water partition coefficient (Wildman–Crippen LogP) is 8.40. The number of nitrogens with zero attached hydrogens (tertiary/aromatic N) is 4. The molecule has 7 nitrogen and oxygen atoms in total. The first-order valence-corrected chi connectivity index (χ1v) is 15.4. The number of nitrogens with one attached hydrogen (secondary N) is 1. The van der Waals surface area contributed by atoms with Gasteiger partial charge in [-0.15, -0.1) is 0 Å². The Morgan fingerprint density at radius 2 is 1.57 bits per heavy atom. The summed E-state index contributed by atoms with van der Waals surface area (Å²) in [5, 5.41) is 11.1. The standard InChI is InChI=1S/C37H41N5O2/c1-26(24-29-18-22-31(23-19-29)37(2,3)4)42-34(40-41-36(42)44)15-8-12-27-16-20-30(21-17-27)32-13-9-14-33(38-32)39-35(43)25-28-10-6-5-7-11-28/h5-7,9-11,13-14,16-23,26,34H,8,12,15,24-25H2,1-4H3,(H,38,39,43). The van der Waals surface area contributed by atoms with Crippen LogP contribution < -0.4 is 5.32 Å². The summed E-state index contributed by atoms with van der Waals surface area (Å²) in [5.74, 6) is 0.441. The van der Waals surface area contributed by atoms with Crippen molar-refractivity contribution < 1.29 is 9.59 Å². The van der Waals surface area contributed by atoms with Gasteiger partial charge in [0.1, 0.15) is 12.0 Å². The molecule has 0 radical (unpaired) electrons. The molecule has 0 bridgehead atoms. The van der Waals surface area contributed by atoms with E-state index in [0.29, 0.717) is 12.2 Å². The van der Waals surface area contributed by atoms with Crippen LogP contribution in [0.2, 0.25) is 0 Å². The zero-order chi connectivity index (χ0) is 31.1. The summed E-state index contributed by atoms with van der Waals surface area (Å²) in [6.45, 7) is 8.71. The Morgan fingerprint density at radius 3 is 2.27 bits per heavy atom. The lowest BCUT2D eigenvalue weighted by Crippen LogP contribution is -2.41. The summed E-state index contributed by atoms with van der Waals surface area (Å²) >= 11 is 0. The number of azo groups is 1. The van der Waals surface area contributed by atoms with E-state index < -0.39 is 0 Å². The third kappa shape index (κ3) is 8.04. The molecule has 3 amide bonds. The van der Waals surface area contributed by atoms with Crippen LogP contribution in [0.1, 0.15) is 62.8 Å². The number of aromatic nitrogens is 1. The molecule has 0 fully saturated rings. The maximum atomic E-state index is 12.6. The molecule has 0 saturated heterocycles. The number of pyridine rings is 1. The van der Waals surface area contributed by atoms with Crippen LogP contribution in [0.25, 0.3) is 11.3 Å². The Labute approximate surface area is 260 Å². The molecule has 1 aliphatic heterocycles. The summed E-state index contributed by atoms with van der Waals surface area (Å²) < 4.78 is 0. The number of hydrogen-bond acceptors (Lipinski definition) is 4. The number of anilines is 1. The highest BCUT2D eigenvalue weighted by Gasteiger charge is 2.33. The van der Waals surface area contributed by atoms with Gasteiger partial charge in [-0.1, -0.05) is 111 Å². The van der Waals surface area contributed by atoms with Crippen LogP contribution in [0.3, 0.4) is 0 Å². The molecule has 2 heterocycles. The van der Waals surface area contributed by atoms with Gasteiger partial charge in [-0.3, -0.25) is 9.69 Å². The van der Waals surface area contributed by atoms with Crippen LogP contribution in [-0.4, -0.2) is 34.0 Å². The minimum Gasteiger partial charge on any atom is -0.310 e. The average molecular weight is 588 g/mol. The molecule has 3 aromatic carbocycles. The summed E-state index contributed by atoms with van der Waals surface area (Å²) in [7, 11) is 0. The molecule has 2 atom stereocenters. The van der Waals surface area contributed by atoms with E-state index in [9.17, 15) is 9.59 Å². The Kier molecular flexibility index (Phi) is 9.63. The van der Waals surface area contributed by atoms with Crippen molar-refractivity contribution in [1.82, 2.24) is 9.88 Å². The van der Waals surface area contributed by atoms with Crippen molar-refractivity contribution in [3.63, 3.8) is 0 Å². The second kappa shape index (κ2) is 13.8. The normalized spacial score (nSPS) is 15.4. The fraction of sp³-hybridized carbons (Fsp3) is 0.324. The van der Waals surface area contributed by atoms with Gasteiger partial charge in [0.25, 0.3) is 0 Å². The van der Waals surface area contributed by atoms with E-state index in [1.165, 1.54) is 16.7 Å². The minimum absolute atomic E-state index is 0.00801. The van der Waals surface area contributed by atoms with Crippen molar-refractivity contribution in [3.8, 4) is 11.3 Å². The number of urea groups is 1. The number of aryl methyl sites for hydroxylation is 1. The highest BCUT2D eigenvalue weighted by Crippen LogP contribution is 2.26. The van der Waals surface area contributed by atoms with Crippen molar-refractivity contribution in [2.45, 2.75) is 77.4 Å². The van der Waals surface area contributed by atoms with E-state index in [1.807, 2.05) is 47.4 Å². The van der Waals surface area contributed by atoms with Crippen LogP contribution in [0.5, 0.6) is 0 Å². The Hall–Kier alpha value is -4.65. The fourth-order valence-electron chi connectivity index (χ4n) is 5.57. The molecular weight excluding hydrogens is 546 g/mol. The molecule has 1 N–H and O–H groups in total. The molecule has 1 aliphatic rings. The topological polar surface area (TPSA) is 87.0 Å². The first-order chi connectivity index (χ1) is 21.2. The fourth-order valence-corrected chi connectivity index (χ4v) is 5.57. The second-order valence-electron chi connectivity index (χ2n) is 12.6. The summed E-state index contributed by atoms with van der Waals surface area (Å²) in [5.41, 5.74) is 6.58. The molecule has 1 aromatic heterocycles. The Bertz CT molecular complexity index is 1590. The Morgan fingerprint density at radius 1 is 0.864 bits per heavy atom. The number of amides is 3. The van der Waals surface area contributed by atoms with Crippen molar-refractivity contribution in [1.29, 1.82) is 0 Å². The number of benzene rings is 3. The molecule has 226 valence electrons. The number of carbonyl (C=O) groups is 2. The lowest BCUT2D eigenvalue weighted by Gasteiger charge is -2.28.